The molecule has 3 heterocycles. The fraction of sp³-hybridized carbons (Fsp3) is 0.647. The summed E-state index contributed by atoms with van der Waals surface area (Å²) in [5.41, 5.74) is 1.08. The first kappa shape index (κ1) is 20.2. The van der Waals surface area contributed by atoms with E-state index in [0.29, 0.717) is 19.0 Å². The molecule has 2 aliphatic heterocycles. The van der Waals surface area contributed by atoms with Gasteiger partial charge in [-0.05, 0) is 18.4 Å². The molecule has 0 saturated carbocycles. The second-order valence-corrected chi connectivity index (χ2v) is 6.02. The summed E-state index contributed by atoms with van der Waals surface area (Å²) in [7, 11) is 3.43. The number of nitrogens with one attached hydrogen (secondary N) is 1. The van der Waals surface area contributed by atoms with Gasteiger partial charge in [-0.25, -0.2) is 4.98 Å². The summed E-state index contributed by atoms with van der Waals surface area (Å²) >= 11 is 0. The monoisotopic (exact) mass is 462 g/mol. The van der Waals surface area contributed by atoms with Gasteiger partial charge in [0.1, 0.15) is 6.10 Å². The third kappa shape index (κ3) is 5.42. The van der Waals surface area contributed by atoms with E-state index in [1.54, 1.807) is 7.11 Å². The van der Waals surface area contributed by atoms with Crippen molar-refractivity contribution >= 4 is 29.9 Å². The van der Waals surface area contributed by atoms with Crippen LogP contribution >= 0.6 is 24.0 Å². The van der Waals surface area contributed by atoms with Crippen LogP contribution in [-0.2, 0) is 16.0 Å². The molecule has 140 valence electrons. The quantitative estimate of drug-likeness (QED) is 0.417. The first-order chi connectivity index (χ1) is 11.8. The van der Waals surface area contributed by atoms with Crippen LogP contribution in [0.1, 0.15) is 18.4 Å². The Morgan fingerprint density at radius 3 is 2.84 bits per heavy atom. The standard InChI is InChI=1S/C17H26N4O3.HI/c1-18-17(20-11-13-5-6-16(22-2)19-10-13)21-7-9-24-15(12-21)14-4-3-8-23-14;/h5-6,10,14-15H,3-4,7-9,11-12H2,1-2H3,(H,18,20);1H. The van der Waals surface area contributed by atoms with Crippen LogP contribution in [0.3, 0.4) is 0 Å². The smallest absolute Gasteiger partial charge is 0.212 e. The molecule has 2 atom stereocenters. The maximum atomic E-state index is 5.90. The molecule has 0 spiro atoms. The normalized spacial score (nSPS) is 23.9. The molecule has 0 radical (unpaired) electrons. The van der Waals surface area contributed by atoms with Crippen LogP contribution in [0.4, 0.5) is 0 Å². The lowest BCUT2D eigenvalue weighted by Crippen LogP contribution is -2.53. The van der Waals surface area contributed by atoms with Crippen molar-refractivity contribution in [3.8, 4) is 5.88 Å². The van der Waals surface area contributed by atoms with Crippen molar-refractivity contribution < 1.29 is 14.2 Å². The number of rotatable bonds is 4. The zero-order valence-corrected chi connectivity index (χ0v) is 17.1. The molecule has 25 heavy (non-hydrogen) atoms. The van der Waals surface area contributed by atoms with Gasteiger partial charge in [0.05, 0.1) is 19.8 Å². The van der Waals surface area contributed by atoms with Gasteiger partial charge in [-0.3, -0.25) is 4.99 Å². The Kier molecular flexibility index (Phi) is 8.17. The van der Waals surface area contributed by atoms with Crippen molar-refractivity contribution in [1.82, 2.24) is 15.2 Å². The Balaban J connectivity index is 0.00000225. The van der Waals surface area contributed by atoms with Crippen molar-refractivity contribution in [1.29, 1.82) is 0 Å². The van der Waals surface area contributed by atoms with E-state index >= 15 is 0 Å². The molecule has 2 unspecified atom stereocenters. The van der Waals surface area contributed by atoms with Gasteiger partial charge < -0.3 is 24.4 Å². The van der Waals surface area contributed by atoms with Crippen LogP contribution in [-0.4, -0.2) is 68.5 Å². The van der Waals surface area contributed by atoms with Gasteiger partial charge in [0.15, 0.2) is 5.96 Å². The Bertz CT molecular complexity index is 549. The average Bonchev–Trinajstić information content (AvgIpc) is 3.18. The third-order valence-electron chi connectivity index (χ3n) is 4.44. The number of aliphatic imine (C=N–C) groups is 1. The Morgan fingerprint density at radius 1 is 1.36 bits per heavy atom. The Morgan fingerprint density at radius 2 is 2.20 bits per heavy atom. The molecule has 8 heteroatoms. The molecule has 2 aliphatic rings. The SMILES string of the molecule is CN=C(NCc1ccc(OC)nc1)N1CCOC(C2CCCO2)C1.I. The van der Waals surface area contributed by atoms with Crippen LogP contribution in [0, 0.1) is 0 Å². The molecule has 0 aliphatic carbocycles. The number of nitrogens with zero attached hydrogens (tertiary/aromatic N) is 3. The molecule has 0 bridgehead atoms. The van der Waals surface area contributed by atoms with Crippen molar-refractivity contribution in [2.45, 2.75) is 31.6 Å². The lowest BCUT2D eigenvalue weighted by molar-refractivity contribution is -0.0817. The topological polar surface area (TPSA) is 68.2 Å². The fourth-order valence-electron chi connectivity index (χ4n) is 3.14. The molecule has 1 aromatic heterocycles. The summed E-state index contributed by atoms with van der Waals surface area (Å²) in [4.78, 5) is 10.9. The van der Waals surface area contributed by atoms with E-state index in [4.69, 9.17) is 14.2 Å². The summed E-state index contributed by atoms with van der Waals surface area (Å²) in [6.07, 6.45) is 4.37. The van der Waals surface area contributed by atoms with E-state index in [0.717, 1.165) is 44.1 Å². The number of ether oxygens (including phenoxy) is 3. The predicted molar refractivity (Wildman–Crippen MR) is 107 cm³/mol. The number of guanidine groups is 1. The van der Waals surface area contributed by atoms with Crippen LogP contribution in [0.5, 0.6) is 5.88 Å². The summed E-state index contributed by atoms with van der Waals surface area (Å²) in [6, 6.07) is 3.86. The zero-order chi connectivity index (χ0) is 16.8. The molecule has 2 saturated heterocycles. The van der Waals surface area contributed by atoms with E-state index in [1.807, 2.05) is 25.4 Å². The minimum Gasteiger partial charge on any atom is -0.481 e. The molecule has 1 aromatic rings. The van der Waals surface area contributed by atoms with Crippen molar-refractivity contribution in [3.05, 3.63) is 23.9 Å². The van der Waals surface area contributed by atoms with E-state index in [9.17, 15) is 0 Å². The summed E-state index contributed by atoms with van der Waals surface area (Å²) in [6.45, 7) is 3.87. The minimum atomic E-state index is 0. The number of methoxy groups -OCH3 is 1. The number of aromatic nitrogens is 1. The first-order valence-electron chi connectivity index (χ1n) is 8.48. The number of hydrogen-bond donors (Lipinski definition) is 1. The number of hydrogen-bond acceptors (Lipinski definition) is 5. The lowest BCUT2D eigenvalue weighted by Gasteiger charge is -2.37. The number of pyridine rings is 1. The summed E-state index contributed by atoms with van der Waals surface area (Å²) in [5.74, 6) is 1.51. The first-order valence-corrected chi connectivity index (χ1v) is 8.48. The van der Waals surface area contributed by atoms with Gasteiger partial charge in [-0.15, -0.1) is 24.0 Å². The van der Waals surface area contributed by atoms with Crippen LogP contribution in [0.15, 0.2) is 23.3 Å². The molecule has 2 fully saturated rings. The average molecular weight is 462 g/mol. The highest BCUT2D eigenvalue weighted by Crippen LogP contribution is 2.21. The molecule has 3 rings (SSSR count). The number of halogens is 1. The molecule has 0 aromatic carbocycles. The highest BCUT2D eigenvalue weighted by molar-refractivity contribution is 14.0. The van der Waals surface area contributed by atoms with Gasteiger partial charge in [0.2, 0.25) is 5.88 Å². The molecule has 7 nitrogen and oxygen atoms in total. The van der Waals surface area contributed by atoms with Crippen LogP contribution < -0.4 is 10.1 Å². The van der Waals surface area contributed by atoms with Gasteiger partial charge in [-0.2, -0.15) is 0 Å². The zero-order valence-electron chi connectivity index (χ0n) is 14.8. The second-order valence-electron chi connectivity index (χ2n) is 6.02. The van der Waals surface area contributed by atoms with Gasteiger partial charge in [0, 0.05) is 45.6 Å². The van der Waals surface area contributed by atoms with Crippen LogP contribution in [0.2, 0.25) is 0 Å². The van der Waals surface area contributed by atoms with E-state index in [2.05, 4.69) is 20.2 Å². The highest BCUT2D eigenvalue weighted by Gasteiger charge is 2.32. The third-order valence-corrected chi connectivity index (χ3v) is 4.44. The molecular weight excluding hydrogens is 435 g/mol. The lowest BCUT2D eigenvalue weighted by atomic mass is 10.1. The van der Waals surface area contributed by atoms with Crippen molar-refractivity contribution in [3.63, 3.8) is 0 Å². The minimum absolute atomic E-state index is 0. The maximum absolute atomic E-state index is 5.90. The number of morpholine rings is 1. The molecule has 0 amide bonds. The predicted octanol–water partition coefficient (Wildman–Crippen LogP) is 1.66. The maximum Gasteiger partial charge on any atom is 0.212 e. The van der Waals surface area contributed by atoms with E-state index < -0.39 is 0 Å². The van der Waals surface area contributed by atoms with Crippen LogP contribution in [0.25, 0.3) is 0 Å². The van der Waals surface area contributed by atoms with E-state index in [1.165, 1.54) is 0 Å². The Labute approximate surface area is 166 Å². The van der Waals surface area contributed by atoms with Crippen molar-refractivity contribution in [2.75, 3.05) is 40.5 Å². The van der Waals surface area contributed by atoms with Crippen molar-refractivity contribution in [2.24, 2.45) is 4.99 Å². The van der Waals surface area contributed by atoms with Gasteiger partial charge in [0.25, 0.3) is 0 Å². The largest absolute Gasteiger partial charge is 0.481 e. The van der Waals surface area contributed by atoms with Gasteiger partial charge >= 0.3 is 0 Å². The second kappa shape index (κ2) is 10.1. The summed E-state index contributed by atoms with van der Waals surface area (Å²) < 4.78 is 16.8. The molecule has 1 N–H and O–H groups in total. The highest BCUT2D eigenvalue weighted by atomic mass is 127. The van der Waals surface area contributed by atoms with Gasteiger partial charge in [-0.1, -0.05) is 6.07 Å². The molecular formula is C17H27IN4O3. The fourth-order valence-corrected chi connectivity index (χ4v) is 3.14. The Hall–Kier alpha value is -1.13. The van der Waals surface area contributed by atoms with E-state index in [-0.39, 0.29) is 36.2 Å². The summed E-state index contributed by atoms with van der Waals surface area (Å²) in [5, 5.41) is 3.40.